The zero-order valence-corrected chi connectivity index (χ0v) is 31.3. The Hall–Kier alpha value is -5.86. The number of aromatic amines is 1. The van der Waals surface area contributed by atoms with Gasteiger partial charge in [0, 0.05) is 29.2 Å². The molecule has 0 saturated heterocycles. The van der Waals surface area contributed by atoms with Crippen LogP contribution in [0.25, 0.3) is 22.2 Å². The molecule has 6 rings (SSSR count). The van der Waals surface area contributed by atoms with Crippen LogP contribution in [0.2, 0.25) is 0 Å². The van der Waals surface area contributed by atoms with Crippen molar-refractivity contribution < 1.29 is 23.8 Å². The van der Waals surface area contributed by atoms with Gasteiger partial charge in [-0.2, -0.15) is 0 Å². The Morgan fingerprint density at radius 2 is 1.41 bits per heavy atom. The SMILES string of the molecule is CCNC(=O)Oc1ccc2[nH]c(-c3cc(C)cc(C)c3)c(CC(N)CC(CCc3ccc(OCc4ccccc4)cc3)C(=O)OCc3ccccc3)c2c1. The summed E-state index contributed by atoms with van der Waals surface area (Å²) >= 11 is 0. The molecule has 8 heteroatoms. The number of nitrogens with two attached hydrogens (primary N) is 1. The number of rotatable bonds is 16. The number of carbonyl (C=O) groups is 2. The first-order chi connectivity index (χ1) is 26.2. The molecule has 2 unspecified atom stereocenters. The van der Waals surface area contributed by atoms with Gasteiger partial charge in [0.25, 0.3) is 0 Å². The molecule has 0 aliphatic rings. The highest BCUT2D eigenvalue weighted by molar-refractivity contribution is 5.92. The maximum absolute atomic E-state index is 13.8. The summed E-state index contributed by atoms with van der Waals surface area (Å²) in [5.41, 5.74) is 16.4. The molecule has 0 fully saturated rings. The summed E-state index contributed by atoms with van der Waals surface area (Å²) in [5, 5.41) is 3.60. The number of aryl methyl sites for hydroxylation is 3. The van der Waals surface area contributed by atoms with Crippen molar-refractivity contribution in [2.75, 3.05) is 6.54 Å². The number of ether oxygens (including phenoxy) is 3. The van der Waals surface area contributed by atoms with Gasteiger partial charge in [0.1, 0.15) is 24.7 Å². The van der Waals surface area contributed by atoms with Crippen LogP contribution in [0.1, 0.15) is 53.1 Å². The third-order valence-corrected chi connectivity index (χ3v) is 9.48. The first-order valence-electron chi connectivity index (χ1n) is 18.6. The van der Waals surface area contributed by atoms with Crippen molar-refractivity contribution in [2.24, 2.45) is 11.7 Å². The van der Waals surface area contributed by atoms with Crippen LogP contribution in [-0.4, -0.2) is 29.6 Å². The lowest BCUT2D eigenvalue weighted by Crippen LogP contribution is -2.30. The third-order valence-electron chi connectivity index (χ3n) is 9.48. The molecule has 1 aromatic heterocycles. The predicted octanol–water partition coefficient (Wildman–Crippen LogP) is 9.39. The monoisotopic (exact) mass is 723 g/mol. The summed E-state index contributed by atoms with van der Waals surface area (Å²) in [5.74, 6) is 0.543. The van der Waals surface area contributed by atoms with Gasteiger partial charge in [-0.15, -0.1) is 0 Å². The Morgan fingerprint density at radius 3 is 2.07 bits per heavy atom. The summed E-state index contributed by atoms with van der Waals surface area (Å²) in [6, 6.07) is 39.5. The Bertz CT molecular complexity index is 2130. The van der Waals surface area contributed by atoms with Crippen LogP contribution in [0.5, 0.6) is 11.5 Å². The van der Waals surface area contributed by atoms with Crippen molar-refractivity contribution in [3.8, 4) is 22.8 Å². The average molecular weight is 724 g/mol. The maximum Gasteiger partial charge on any atom is 0.412 e. The molecule has 8 nitrogen and oxygen atoms in total. The Kier molecular flexibility index (Phi) is 12.8. The number of amides is 1. The van der Waals surface area contributed by atoms with E-state index >= 15 is 0 Å². The number of fused-ring (bicyclic) bond motifs is 1. The second-order valence-electron chi connectivity index (χ2n) is 13.9. The molecule has 278 valence electrons. The van der Waals surface area contributed by atoms with E-state index in [1.165, 1.54) is 0 Å². The highest BCUT2D eigenvalue weighted by Gasteiger charge is 2.25. The summed E-state index contributed by atoms with van der Waals surface area (Å²) in [7, 11) is 0. The van der Waals surface area contributed by atoms with E-state index in [0.29, 0.717) is 44.6 Å². The number of esters is 1. The van der Waals surface area contributed by atoms with E-state index < -0.39 is 12.0 Å². The van der Waals surface area contributed by atoms with Gasteiger partial charge in [0.15, 0.2) is 0 Å². The van der Waals surface area contributed by atoms with E-state index in [-0.39, 0.29) is 18.6 Å². The van der Waals surface area contributed by atoms with Crippen molar-refractivity contribution >= 4 is 23.0 Å². The molecular weight excluding hydrogens is 675 g/mol. The maximum atomic E-state index is 13.8. The normalized spacial score (nSPS) is 12.2. The number of aromatic nitrogens is 1. The number of hydrogen-bond donors (Lipinski definition) is 3. The number of carbonyl (C=O) groups excluding carboxylic acids is 2. The standard InChI is InChI=1S/C46H49N3O5/c1-4-48-46(51)54-40-21-22-43-41(28-40)42(44(49-43)37-24-31(2)23-32(3)25-37)27-38(47)26-36(45(50)53-30-35-13-9-6-10-14-35)18-15-33-16-19-39(20-17-33)52-29-34-11-7-5-8-12-34/h5-14,16-17,19-25,28,36,38,49H,4,15,18,26-27,29-30,47H2,1-3H3,(H,48,51). The number of H-pyrrole nitrogens is 1. The highest BCUT2D eigenvalue weighted by Crippen LogP contribution is 2.35. The molecule has 0 radical (unpaired) electrons. The van der Waals surface area contributed by atoms with Gasteiger partial charge < -0.3 is 30.2 Å². The van der Waals surface area contributed by atoms with E-state index in [0.717, 1.165) is 61.3 Å². The Balaban J connectivity index is 1.22. The molecule has 0 aliphatic carbocycles. The van der Waals surface area contributed by atoms with E-state index in [9.17, 15) is 9.59 Å². The predicted molar refractivity (Wildman–Crippen MR) is 214 cm³/mol. The second kappa shape index (κ2) is 18.3. The highest BCUT2D eigenvalue weighted by atomic mass is 16.6. The molecule has 2 atom stereocenters. The summed E-state index contributed by atoms with van der Waals surface area (Å²) in [6.45, 7) is 7.17. The van der Waals surface area contributed by atoms with Gasteiger partial charge in [0.2, 0.25) is 0 Å². The van der Waals surface area contributed by atoms with Gasteiger partial charge in [-0.1, -0.05) is 90.0 Å². The Morgan fingerprint density at radius 1 is 0.759 bits per heavy atom. The van der Waals surface area contributed by atoms with E-state index in [2.05, 4.69) is 54.5 Å². The van der Waals surface area contributed by atoms with Gasteiger partial charge >= 0.3 is 12.1 Å². The first kappa shape index (κ1) is 37.9. The van der Waals surface area contributed by atoms with Gasteiger partial charge in [-0.05, 0) is 117 Å². The minimum atomic E-state index is -0.508. The molecule has 0 aliphatic heterocycles. The fourth-order valence-electron chi connectivity index (χ4n) is 6.88. The van der Waals surface area contributed by atoms with Crippen molar-refractivity contribution in [1.82, 2.24) is 10.3 Å². The zero-order valence-electron chi connectivity index (χ0n) is 31.3. The van der Waals surface area contributed by atoms with Crippen LogP contribution in [0.4, 0.5) is 4.79 Å². The molecule has 1 amide bonds. The largest absolute Gasteiger partial charge is 0.489 e. The average Bonchev–Trinajstić information content (AvgIpc) is 3.52. The fraction of sp³-hybridized carbons (Fsp3) is 0.261. The number of nitrogens with one attached hydrogen (secondary N) is 2. The van der Waals surface area contributed by atoms with Crippen molar-refractivity contribution in [3.05, 3.63) is 155 Å². The second-order valence-corrected chi connectivity index (χ2v) is 13.9. The van der Waals surface area contributed by atoms with Crippen molar-refractivity contribution in [1.29, 1.82) is 0 Å². The van der Waals surface area contributed by atoms with Crippen molar-refractivity contribution in [2.45, 2.75) is 65.7 Å². The topological polar surface area (TPSA) is 116 Å². The third kappa shape index (κ3) is 10.4. The van der Waals surface area contributed by atoms with Crippen LogP contribution in [0.3, 0.4) is 0 Å². The van der Waals surface area contributed by atoms with Crippen LogP contribution in [0.15, 0.2) is 121 Å². The van der Waals surface area contributed by atoms with E-state index in [1.54, 1.807) is 6.07 Å². The molecule has 4 N–H and O–H groups in total. The van der Waals surface area contributed by atoms with Crippen LogP contribution in [0, 0.1) is 19.8 Å². The zero-order chi connectivity index (χ0) is 37.9. The molecular formula is C46H49N3O5. The number of benzene rings is 5. The molecule has 0 saturated carbocycles. The van der Waals surface area contributed by atoms with Gasteiger partial charge in [-0.3, -0.25) is 4.79 Å². The quantitative estimate of drug-likeness (QED) is 0.0858. The van der Waals surface area contributed by atoms with E-state index in [1.807, 2.05) is 91.9 Å². The lowest BCUT2D eigenvalue weighted by atomic mass is 9.89. The summed E-state index contributed by atoms with van der Waals surface area (Å²) in [4.78, 5) is 29.7. The van der Waals surface area contributed by atoms with Crippen LogP contribution < -0.4 is 20.5 Å². The lowest BCUT2D eigenvalue weighted by molar-refractivity contribution is -0.150. The molecule has 5 aromatic carbocycles. The minimum Gasteiger partial charge on any atom is -0.489 e. The fourth-order valence-corrected chi connectivity index (χ4v) is 6.88. The first-order valence-corrected chi connectivity index (χ1v) is 18.6. The van der Waals surface area contributed by atoms with Crippen LogP contribution >= 0.6 is 0 Å². The van der Waals surface area contributed by atoms with Crippen LogP contribution in [-0.2, 0) is 35.6 Å². The minimum absolute atomic E-state index is 0.201. The molecule has 0 bridgehead atoms. The summed E-state index contributed by atoms with van der Waals surface area (Å²) in [6.07, 6.45) is 1.67. The molecule has 0 spiro atoms. The molecule has 6 aromatic rings. The smallest absolute Gasteiger partial charge is 0.412 e. The van der Waals surface area contributed by atoms with E-state index in [4.69, 9.17) is 19.9 Å². The number of hydrogen-bond acceptors (Lipinski definition) is 6. The summed E-state index contributed by atoms with van der Waals surface area (Å²) < 4.78 is 17.5. The van der Waals surface area contributed by atoms with Gasteiger partial charge in [0.05, 0.1) is 5.92 Å². The molecule has 1 heterocycles. The lowest BCUT2D eigenvalue weighted by Gasteiger charge is -2.21. The Labute approximate surface area is 317 Å². The van der Waals surface area contributed by atoms with Gasteiger partial charge in [-0.25, -0.2) is 4.79 Å². The van der Waals surface area contributed by atoms with Crippen molar-refractivity contribution in [3.63, 3.8) is 0 Å². The molecule has 54 heavy (non-hydrogen) atoms.